The molecule has 1 amide bonds. The number of phenols is 1. The van der Waals surface area contributed by atoms with E-state index in [9.17, 15) is 19.8 Å². The number of hydrogen-bond acceptors (Lipinski definition) is 4. The van der Waals surface area contributed by atoms with Crippen LogP contribution in [0.4, 0.5) is 0 Å². The lowest BCUT2D eigenvalue weighted by atomic mass is 9.85. The first-order valence-electron chi connectivity index (χ1n) is 9.37. The summed E-state index contributed by atoms with van der Waals surface area (Å²) >= 11 is 12.1. The monoisotopic (exact) mass is 436 g/mol. The Kier molecular flexibility index (Phi) is 7.00. The smallest absolute Gasteiger partial charge is 0.326 e. The molecule has 0 radical (unpaired) electrons. The third-order valence-electron chi connectivity index (χ3n) is 5.13. The number of piperidine rings is 1. The Morgan fingerprint density at radius 1 is 1.14 bits per heavy atom. The van der Waals surface area contributed by atoms with Gasteiger partial charge in [-0.1, -0.05) is 35.3 Å². The van der Waals surface area contributed by atoms with Crippen LogP contribution in [0.25, 0.3) is 0 Å². The molecule has 0 unspecified atom stereocenters. The molecule has 4 N–H and O–H groups in total. The molecule has 0 spiro atoms. The maximum absolute atomic E-state index is 12.6. The molecule has 8 heteroatoms. The van der Waals surface area contributed by atoms with Gasteiger partial charge in [-0.05, 0) is 67.2 Å². The van der Waals surface area contributed by atoms with Gasteiger partial charge in [0.05, 0.1) is 15.6 Å². The first kappa shape index (κ1) is 21.4. The van der Waals surface area contributed by atoms with E-state index in [1.54, 1.807) is 18.2 Å². The molecule has 6 nitrogen and oxygen atoms in total. The van der Waals surface area contributed by atoms with E-state index in [1.807, 2.05) is 0 Å². The Balaban J connectivity index is 1.84. The minimum absolute atomic E-state index is 0.0476. The molecule has 3 rings (SSSR count). The first-order chi connectivity index (χ1) is 13.9. The highest BCUT2D eigenvalue weighted by Crippen LogP contribution is 2.31. The Morgan fingerprint density at radius 3 is 2.41 bits per heavy atom. The fourth-order valence-electron chi connectivity index (χ4n) is 3.65. The molecule has 2 aromatic carbocycles. The van der Waals surface area contributed by atoms with Gasteiger partial charge in [0.15, 0.2) is 0 Å². The SMILES string of the molecule is O=C(N[C@@H](Cc1ccc(O)cc1C1CCNCC1)C(=O)O)c1c(Cl)cccc1Cl. The highest BCUT2D eigenvalue weighted by Gasteiger charge is 2.26. The maximum Gasteiger partial charge on any atom is 0.326 e. The third kappa shape index (κ3) is 5.21. The molecule has 1 aliphatic rings. The van der Waals surface area contributed by atoms with Gasteiger partial charge in [-0.2, -0.15) is 0 Å². The van der Waals surface area contributed by atoms with Crippen molar-refractivity contribution in [3.63, 3.8) is 0 Å². The zero-order valence-electron chi connectivity index (χ0n) is 15.6. The number of aromatic hydroxyl groups is 1. The Labute approximate surface area is 178 Å². The maximum atomic E-state index is 12.6. The largest absolute Gasteiger partial charge is 0.508 e. The van der Waals surface area contributed by atoms with Crippen molar-refractivity contribution in [2.24, 2.45) is 0 Å². The summed E-state index contributed by atoms with van der Waals surface area (Å²) in [5, 5.41) is 25.7. The standard InChI is InChI=1S/C21H22Cl2N2O4/c22-16-2-1-3-17(23)19(16)20(27)25-18(21(28)29)10-13-4-5-14(26)11-15(13)12-6-8-24-9-7-12/h1-5,11-12,18,24,26H,6-10H2,(H,25,27)(H,28,29)/t18-/m0/s1. The van der Waals surface area contributed by atoms with E-state index < -0.39 is 17.9 Å². The van der Waals surface area contributed by atoms with E-state index in [1.165, 1.54) is 18.2 Å². The van der Waals surface area contributed by atoms with Crippen molar-refractivity contribution >= 4 is 35.1 Å². The van der Waals surface area contributed by atoms with E-state index in [0.29, 0.717) is 0 Å². The van der Waals surface area contributed by atoms with Crippen LogP contribution in [0.5, 0.6) is 5.75 Å². The number of phenolic OH excluding ortho intramolecular Hbond substituents is 1. The number of aliphatic carboxylic acids is 1. The second-order valence-corrected chi connectivity index (χ2v) is 7.89. The van der Waals surface area contributed by atoms with Crippen molar-refractivity contribution in [2.75, 3.05) is 13.1 Å². The van der Waals surface area contributed by atoms with Crippen LogP contribution in [-0.2, 0) is 11.2 Å². The van der Waals surface area contributed by atoms with Crippen LogP contribution in [0.15, 0.2) is 36.4 Å². The first-order valence-corrected chi connectivity index (χ1v) is 10.1. The summed E-state index contributed by atoms with van der Waals surface area (Å²) in [6.45, 7) is 1.73. The molecule has 1 atom stereocenters. The number of nitrogens with one attached hydrogen (secondary N) is 2. The Bertz CT molecular complexity index is 893. The van der Waals surface area contributed by atoms with Gasteiger partial charge in [0, 0.05) is 6.42 Å². The summed E-state index contributed by atoms with van der Waals surface area (Å²) in [7, 11) is 0. The number of hydrogen-bond donors (Lipinski definition) is 4. The molecular weight excluding hydrogens is 415 g/mol. The number of amides is 1. The summed E-state index contributed by atoms with van der Waals surface area (Å²) in [5.74, 6) is -1.44. The lowest BCUT2D eigenvalue weighted by molar-refractivity contribution is -0.139. The van der Waals surface area contributed by atoms with E-state index in [2.05, 4.69) is 10.6 Å². The molecule has 2 aromatic rings. The molecule has 29 heavy (non-hydrogen) atoms. The molecule has 0 aliphatic carbocycles. The average molecular weight is 437 g/mol. The number of benzene rings is 2. The van der Waals surface area contributed by atoms with Crippen LogP contribution in [0.2, 0.25) is 10.0 Å². The molecule has 1 saturated heterocycles. The van der Waals surface area contributed by atoms with Crippen LogP contribution < -0.4 is 10.6 Å². The summed E-state index contributed by atoms with van der Waals surface area (Å²) in [5.41, 5.74) is 1.75. The van der Waals surface area contributed by atoms with Gasteiger partial charge < -0.3 is 20.8 Å². The summed E-state index contributed by atoms with van der Waals surface area (Å²) < 4.78 is 0. The van der Waals surface area contributed by atoms with E-state index in [0.717, 1.165) is 37.1 Å². The van der Waals surface area contributed by atoms with Crippen molar-refractivity contribution in [2.45, 2.75) is 31.2 Å². The number of carboxylic acid groups (broad SMARTS) is 1. The summed E-state index contributed by atoms with van der Waals surface area (Å²) in [6.07, 6.45) is 1.88. The van der Waals surface area contributed by atoms with Crippen molar-refractivity contribution < 1.29 is 19.8 Å². The molecular formula is C21H22Cl2N2O4. The van der Waals surface area contributed by atoms with Crippen LogP contribution >= 0.6 is 23.2 Å². The second-order valence-electron chi connectivity index (χ2n) is 7.07. The lowest BCUT2D eigenvalue weighted by Crippen LogP contribution is -2.42. The lowest BCUT2D eigenvalue weighted by Gasteiger charge is -2.26. The van der Waals surface area contributed by atoms with Crippen LogP contribution in [0.3, 0.4) is 0 Å². The fourth-order valence-corrected chi connectivity index (χ4v) is 4.22. The normalized spacial score (nSPS) is 15.7. The minimum Gasteiger partial charge on any atom is -0.508 e. The number of carbonyl (C=O) groups excluding carboxylic acids is 1. The van der Waals surface area contributed by atoms with Gasteiger partial charge in [-0.25, -0.2) is 4.79 Å². The van der Waals surface area contributed by atoms with Crippen molar-refractivity contribution in [1.82, 2.24) is 10.6 Å². The van der Waals surface area contributed by atoms with Gasteiger partial charge in [0.2, 0.25) is 0 Å². The van der Waals surface area contributed by atoms with Gasteiger partial charge in [-0.15, -0.1) is 0 Å². The topological polar surface area (TPSA) is 98.7 Å². The molecule has 1 fully saturated rings. The minimum atomic E-state index is -1.17. The number of halogens is 2. The zero-order chi connectivity index (χ0) is 21.0. The zero-order valence-corrected chi connectivity index (χ0v) is 17.1. The molecule has 154 valence electrons. The van der Waals surface area contributed by atoms with Gasteiger partial charge in [0.1, 0.15) is 11.8 Å². The van der Waals surface area contributed by atoms with Gasteiger partial charge in [0.25, 0.3) is 5.91 Å². The Hall–Kier alpha value is -2.28. The second kappa shape index (κ2) is 9.48. The quantitative estimate of drug-likeness (QED) is 0.554. The number of rotatable bonds is 6. The molecule has 0 aromatic heterocycles. The Morgan fingerprint density at radius 2 is 1.79 bits per heavy atom. The van der Waals surface area contributed by atoms with Crippen LogP contribution in [-0.4, -0.2) is 41.2 Å². The molecule has 1 aliphatic heterocycles. The van der Waals surface area contributed by atoms with Crippen LogP contribution in [0, 0.1) is 0 Å². The van der Waals surface area contributed by atoms with Gasteiger partial charge in [-0.3, -0.25) is 4.79 Å². The van der Waals surface area contributed by atoms with Gasteiger partial charge >= 0.3 is 5.97 Å². The number of carbonyl (C=O) groups is 2. The average Bonchev–Trinajstić information content (AvgIpc) is 2.69. The van der Waals surface area contributed by atoms with Crippen molar-refractivity contribution in [3.05, 3.63) is 63.1 Å². The van der Waals surface area contributed by atoms with Crippen molar-refractivity contribution in [3.8, 4) is 5.75 Å². The third-order valence-corrected chi connectivity index (χ3v) is 5.76. The van der Waals surface area contributed by atoms with E-state index in [-0.39, 0.29) is 33.7 Å². The summed E-state index contributed by atoms with van der Waals surface area (Å²) in [6, 6.07) is 8.43. The molecule has 0 bridgehead atoms. The van der Waals surface area contributed by atoms with E-state index in [4.69, 9.17) is 23.2 Å². The highest BCUT2D eigenvalue weighted by molar-refractivity contribution is 6.39. The highest BCUT2D eigenvalue weighted by atomic mass is 35.5. The number of carboxylic acids is 1. The van der Waals surface area contributed by atoms with Crippen LogP contribution in [0.1, 0.15) is 40.2 Å². The predicted octanol–water partition coefficient (Wildman–Crippen LogP) is 3.59. The summed E-state index contributed by atoms with van der Waals surface area (Å²) in [4.78, 5) is 24.5. The predicted molar refractivity (Wildman–Crippen MR) is 112 cm³/mol. The fraction of sp³-hybridized carbons (Fsp3) is 0.333. The molecule has 0 saturated carbocycles. The molecule has 1 heterocycles. The van der Waals surface area contributed by atoms with Crippen molar-refractivity contribution in [1.29, 1.82) is 0 Å². The van der Waals surface area contributed by atoms with E-state index >= 15 is 0 Å².